The van der Waals surface area contributed by atoms with Crippen LogP contribution in [-0.4, -0.2) is 62.1 Å². The number of carbonyl (C=O) groups is 1. The smallest absolute Gasteiger partial charge is 0.291 e. The van der Waals surface area contributed by atoms with Crippen LogP contribution >= 0.6 is 0 Å². The lowest BCUT2D eigenvalue weighted by atomic mass is 9.69. The Bertz CT molecular complexity index is 680. The first-order valence-corrected chi connectivity index (χ1v) is 10.6. The van der Waals surface area contributed by atoms with Crippen LogP contribution in [-0.2, 0) is 14.8 Å². The number of hydrogen-bond acceptors (Lipinski definition) is 3. The highest BCUT2D eigenvalue weighted by Gasteiger charge is 2.72. The number of allylic oxidation sites excluding steroid dienone is 1. The fourth-order valence-corrected chi connectivity index (χ4v) is 8.05. The topological polar surface area (TPSA) is 54.5 Å². The summed E-state index contributed by atoms with van der Waals surface area (Å²) >= 11 is 0. The molecule has 2 aliphatic carbocycles. The molecule has 136 valence electrons. The van der Waals surface area contributed by atoms with Crippen molar-refractivity contribution in [1.82, 2.24) is 4.31 Å². The average molecular weight is 356 g/mol. The molecule has 2 saturated carbocycles. The number of carbonyl (C=O) groups excluding carboxylic acids is 1. The molecule has 0 unspecified atom stereocenters. The van der Waals surface area contributed by atoms with Crippen molar-refractivity contribution in [2.45, 2.75) is 46.1 Å². The molecule has 1 aliphatic heterocycles. The predicted octanol–water partition coefficient (Wildman–Crippen LogP) is 2.01. The lowest BCUT2D eigenvalue weighted by molar-refractivity contribution is -0.876. The standard InChI is InChI=1S/C18H31N2O3S/c1-6-7-10-20(4,5)12-16(21)19-15-11-14-8-9-18(15,17(14,2)3)13-24(19,22)23/h6-7,14-15H,8-13H2,1-5H3/q+1/b7-6+/t14-,15-,18-/m0/s1. The van der Waals surface area contributed by atoms with Crippen LogP contribution in [0.2, 0.25) is 0 Å². The molecule has 24 heavy (non-hydrogen) atoms. The molecule has 3 rings (SSSR count). The first kappa shape index (κ1) is 17.9. The summed E-state index contributed by atoms with van der Waals surface area (Å²) < 4.78 is 27.5. The zero-order valence-corrected chi connectivity index (χ0v) is 16.4. The number of amides is 1. The van der Waals surface area contributed by atoms with Gasteiger partial charge in [0.25, 0.3) is 5.91 Å². The van der Waals surface area contributed by atoms with Crippen LogP contribution in [0.5, 0.6) is 0 Å². The van der Waals surface area contributed by atoms with Crippen LogP contribution in [0.4, 0.5) is 0 Å². The molecule has 6 heteroatoms. The van der Waals surface area contributed by atoms with Gasteiger partial charge in [0.1, 0.15) is 0 Å². The van der Waals surface area contributed by atoms with Crippen molar-refractivity contribution in [3.05, 3.63) is 12.2 Å². The average Bonchev–Trinajstić information content (AvgIpc) is 2.91. The van der Waals surface area contributed by atoms with E-state index in [1.165, 1.54) is 4.31 Å². The summed E-state index contributed by atoms with van der Waals surface area (Å²) in [6.45, 7) is 7.32. The third kappa shape index (κ3) is 2.37. The molecule has 3 aliphatic rings. The quantitative estimate of drug-likeness (QED) is 0.572. The maximum atomic E-state index is 13.0. The van der Waals surface area contributed by atoms with Gasteiger partial charge in [-0.3, -0.25) is 4.79 Å². The molecule has 1 amide bonds. The number of quaternary nitrogens is 1. The van der Waals surface area contributed by atoms with E-state index >= 15 is 0 Å². The number of likely N-dealkylation sites (N-methyl/N-ethyl adjacent to an activating group) is 1. The van der Waals surface area contributed by atoms with Gasteiger partial charge in [0, 0.05) is 5.41 Å². The summed E-state index contributed by atoms with van der Waals surface area (Å²) in [5.74, 6) is 0.468. The van der Waals surface area contributed by atoms with Gasteiger partial charge in [-0.25, -0.2) is 12.7 Å². The second-order valence-electron chi connectivity index (χ2n) is 9.16. The first-order chi connectivity index (χ1) is 11.0. The van der Waals surface area contributed by atoms with E-state index in [1.807, 2.05) is 33.2 Å². The van der Waals surface area contributed by atoms with Crippen LogP contribution in [0.25, 0.3) is 0 Å². The van der Waals surface area contributed by atoms with Gasteiger partial charge in [-0.05, 0) is 43.6 Å². The molecule has 3 atom stereocenters. The van der Waals surface area contributed by atoms with Gasteiger partial charge >= 0.3 is 0 Å². The first-order valence-electron chi connectivity index (χ1n) is 8.95. The highest BCUT2D eigenvalue weighted by atomic mass is 32.2. The van der Waals surface area contributed by atoms with E-state index < -0.39 is 10.0 Å². The fourth-order valence-electron chi connectivity index (χ4n) is 5.51. The van der Waals surface area contributed by atoms with E-state index in [0.29, 0.717) is 10.4 Å². The zero-order chi connectivity index (χ0) is 18.0. The highest BCUT2D eigenvalue weighted by molar-refractivity contribution is 7.90. The number of fused-ring (bicyclic) bond motifs is 1. The lowest BCUT2D eigenvalue weighted by Crippen LogP contribution is -2.52. The second-order valence-corrected chi connectivity index (χ2v) is 11.0. The molecular weight excluding hydrogens is 324 g/mol. The SMILES string of the molecule is C/C=C/C[N+](C)(C)CC(=O)N1[C@H]2C[C@@H]3CC[C@@]2(CS1(=O)=O)C3(C)C. The normalized spacial score (nSPS) is 36.5. The van der Waals surface area contributed by atoms with Gasteiger partial charge in [0.15, 0.2) is 6.54 Å². The fraction of sp³-hybridized carbons (Fsp3) is 0.833. The van der Waals surface area contributed by atoms with Crippen molar-refractivity contribution in [2.24, 2.45) is 16.7 Å². The van der Waals surface area contributed by atoms with Gasteiger partial charge in [-0.2, -0.15) is 0 Å². The summed E-state index contributed by atoms with van der Waals surface area (Å²) in [5.41, 5.74) is -0.221. The van der Waals surface area contributed by atoms with Crippen LogP contribution < -0.4 is 0 Å². The van der Waals surface area contributed by atoms with E-state index in [0.717, 1.165) is 25.8 Å². The van der Waals surface area contributed by atoms with E-state index in [-0.39, 0.29) is 35.1 Å². The molecule has 5 nitrogen and oxygen atoms in total. The highest BCUT2D eigenvalue weighted by Crippen LogP contribution is 2.69. The van der Waals surface area contributed by atoms with Gasteiger partial charge in [0.2, 0.25) is 10.0 Å². The van der Waals surface area contributed by atoms with Crippen molar-refractivity contribution in [3.63, 3.8) is 0 Å². The Labute approximate surface area is 146 Å². The van der Waals surface area contributed by atoms with Crippen molar-refractivity contribution in [2.75, 3.05) is 32.9 Å². The van der Waals surface area contributed by atoms with Crippen molar-refractivity contribution in [3.8, 4) is 0 Å². The molecule has 0 aromatic carbocycles. The molecule has 0 aromatic rings. The second kappa shape index (κ2) is 5.31. The number of nitrogens with zero attached hydrogens (tertiary/aromatic N) is 2. The van der Waals surface area contributed by atoms with E-state index in [9.17, 15) is 13.2 Å². The zero-order valence-electron chi connectivity index (χ0n) is 15.6. The Kier molecular flexibility index (Phi) is 3.96. The summed E-state index contributed by atoms with van der Waals surface area (Å²) in [6, 6.07) is -0.120. The largest absolute Gasteiger partial charge is 0.317 e. The van der Waals surface area contributed by atoms with E-state index in [4.69, 9.17) is 0 Å². The van der Waals surface area contributed by atoms with Crippen LogP contribution in [0.3, 0.4) is 0 Å². The Morgan fingerprint density at radius 1 is 1.33 bits per heavy atom. The summed E-state index contributed by atoms with van der Waals surface area (Å²) in [6.07, 6.45) is 6.87. The molecule has 1 saturated heterocycles. The number of sulfonamides is 1. The van der Waals surface area contributed by atoms with E-state index in [1.54, 1.807) is 0 Å². The molecular formula is C18H31N2O3S+. The van der Waals surface area contributed by atoms with Crippen molar-refractivity contribution in [1.29, 1.82) is 0 Å². The molecule has 0 N–H and O–H groups in total. The number of rotatable bonds is 4. The third-order valence-electron chi connectivity index (χ3n) is 7.06. The van der Waals surface area contributed by atoms with Gasteiger partial charge < -0.3 is 4.48 Å². The Morgan fingerprint density at radius 2 is 2.00 bits per heavy atom. The summed E-state index contributed by atoms with van der Waals surface area (Å²) in [4.78, 5) is 13.0. The van der Waals surface area contributed by atoms with Crippen LogP contribution in [0, 0.1) is 16.7 Å². The molecule has 1 spiro atoms. The molecule has 3 fully saturated rings. The monoisotopic (exact) mass is 355 g/mol. The number of hydrogen-bond donors (Lipinski definition) is 0. The Morgan fingerprint density at radius 3 is 2.58 bits per heavy atom. The lowest BCUT2D eigenvalue weighted by Gasteiger charge is -2.37. The van der Waals surface area contributed by atoms with Gasteiger partial charge in [-0.1, -0.05) is 19.9 Å². The maximum absolute atomic E-state index is 13.0. The minimum Gasteiger partial charge on any atom is -0.317 e. The third-order valence-corrected chi connectivity index (χ3v) is 8.99. The maximum Gasteiger partial charge on any atom is 0.291 e. The molecule has 0 radical (unpaired) electrons. The summed E-state index contributed by atoms with van der Waals surface area (Å²) in [7, 11) is 0.449. The van der Waals surface area contributed by atoms with Crippen LogP contribution in [0.15, 0.2) is 12.2 Å². The minimum atomic E-state index is -3.50. The van der Waals surface area contributed by atoms with E-state index in [2.05, 4.69) is 13.8 Å². The minimum absolute atomic E-state index is 0.00902. The van der Waals surface area contributed by atoms with Gasteiger partial charge in [0.05, 0.1) is 32.4 Å². The molecule has 0 aromatic heterocycles. The Balaban J connectivity index is 1.88. The molecule has 2 bridgehead atoms. The predicted molar refractivity (Wildman–Crippen MR) is 94.6 cm³/mol. The summed E-state index contributed by atoms with van der Waals surface area (Å²) in [5, 5.41) is 0. The van der Waals surface area contributed by atoms with Crippen molar-refractivity contribution >= 4 is 15.9 Å². The Hall–Kier alpha value is -0.880. The van der Waals surface area contributed by atoms with Crippen LogP contribution in [0.1, 0.15) is 40.0 Å². The molecule has 1 heterocycles. The van der Waals surface area contributed by atoms with Gasteiger partial charge in [-0.15, -0.1) is 0 Å². The van der Waals surface area contributed by atoms with Crippen molar-refractivity contribution < 1.29 is 17.7 Å².